The molecule has 3 N–H and O–H groups in total. The van der Waals surface area contributed by atoms with E-state index in [1.165, 1.54) is 0 Å². The number of nitrogens with one attached hydrogen (secondary N) is 3. The maximum Gasteiger partial charge on any atom is 0.323 e. The van der Waals surface area contributed by atoms with E-state index in [0.717, 1.165) is 22.3 Å². The van der Waals surface area contributed by atoms with Gasteiger partial charge in [-0.15, -0.1) is 0 Å². The monoisotopic (exact) mass is 295 g/mol. The molecule has 0 radical (unpaired) electrons. The van der Waals surface area contributed by atoms with E-state index < -0.39 is 0 Å². The number of hydrogen-bond acceptors (Lipinski definition) is 3. The highest BCUT2D eigenvalue weighted by atomic mass is 16.2. The van der Waals surface area contributed by atoms with Gasteiger partial charge in [-0.25, -0.2) is 4.79 Å². The predicted molar refractivity (Wildman–Crippen MR) is 89.5 cm³/mol. The number of rotatable bonds is 3. The van der Waals surface area contributed by atoms with Crippen molar-refractivity contribution in [2.45, 2.75) is 0 Å². The lowest BCUT2D eigenvalue weighted by Crippen LogP contribution is -2.19. The zero-order chi connectivity index (χ0) is 15.5. The molecule has 0 bridgehead atoms. The summed E-state index contributed by atoms with van der Waals surface area (Å²) in [5.74, 6) is 0. The maximum atomic E-state index is 12.0. The fourth-order valence-electron chi connectivity index (χ4n) is 2.15. The SMILES string of the molecule is CN(C)c1ccc(NC(=O)Nc2ccc3cn[nH]c3c2)cc1. The topological polar surface area (TPSA) is 73.1 Å². The Labute approximate surface area is 128 Å². The van der Waals surface area contributed by atoms with Crippen LogP contribution >= 0.6 is 0 Å². The molecule has 0 aliphatic carbocycles. The summed E-state index contributed by atoms with van der Waals surface area (Å²) in [5.41, 5.74) is 3.41. The van der Waals surface area contributed by atoms with Crippen LogP contribution in [-0.2, 0) is 0 Å². The van der Waals surface area contributed by atoms with Crippen LogP contribution in [0.15, 0.2) is 48.7 Å². The van der Waals surface area contributed by atoms with Gasteiger partial charge in [-0.05, 0) is 42.5 Å². The first-order valence-electron chi connectivity index (χ1n) is 6.90. The number of urea groups is 1. The van der Waals surface area contributed by atoms with Crippen molar-refractivity contribution in [1.82, 2.24) is 10.2 Å². The number of fused-ring (bicyclic) bond motifs is 1. The van der Waals surface area contributed by atoms with E-state index in [0.29, 0.717) is 5.69 Å². The smallest absolute Gasteiger partial charge is 0.323 e. The Balaban J connectivity index is 1.66. The summed E-state index contributed by atoms with van der Waals surface area (Å²) in [7, 11) is 3.95. The highest BCUT2D eigenvalue weighted by Gasteiger charge is 2.04. The van der Waals surface area contributed by atoms with E-state index in [9.17, 15) is 4.79 Å². The van der Waals surface area contributed by atoms with Crippen molar-refractivity contribution >= 4 is 34.0 Å². The van der Waals surface area contributed by atoms with Crippen LogP contribution in [0.4, 0.5) is 21.9 Å². The van der Waals surface area contributed by atoms with Gasteiger partial charge in [0.1, 0.15) is 0 Å². The number of amides is 2. The van der Waals surface area contributed by atoms with E-state index in [4.69, 9.17) is 0 Å². The lowest BCUT2D eigenvalue weighted by Gasteiger charge is -2.13. The highest BCUT2D eigenvalue weighted by Crippen LogP contribution is 2.18. The van der Waals surface area contributed by atoms with Gasteiger partial charge in [0.25, 0.3) is 0 Å². The van der Waals surface area contributed by atoms with Crippen molar-refractivity contribution in [3.05, 3.63) is 48.7 Å². The van der Waals surface area contributed by atoms with Crippen molar-refractivity contribution in [2.24, 2.45) is 0 Å². The van der Waals surface area contributed by atoms with Crippen LogP contribution in [0.2, 0.25) is 0 Å². The maximum absolute atomic E-state index is 12.0. The molecular weight excluding hydrogens is 278 g/mol. The van der Waals surface area contributed by atoms with Crippen molar-refractivity contribution in [3.8, 4) is 0 Å². The summed E-state index contributed by atoms with van der Waals surface area (Å²) >= 11 is 0. The van der Waals surface area contributed by atoms with Crippen LogP contribution in [0.5, 0.6) is 0 Å². The van der Waals surface area contributed by atoms with Crippen molar-refractivity contribution in [1.29, 1.82) is 0 Å². The second kappa shape index (κ2) is 5.77. The average molecular weight is 295 g/mol. The molecule has 6 heteroatoms. The number of aromatic amines is 1. The molecule has 1 heterocycles. The van der Waals surface area contributed by atoms with Gasteiger partial charge in [-0.2, -0.15) is 5.10 Å². The Morgan fingerprint density at radius 1 is 1.05 bits per heavy atom. The average Bonchev–Trinajstić information content (AvgIpc) is 2.95. The molecule has 2 amide bonds. The minimum Gasteiger partial charge on any atom is -0.378 e. The number of nitrogens with zero attached hydrogens (tertiary/aromatic N) is 2. The largest absolute Gasteiger partial charge is 0.378 e. The van der Waals surface area contributed by atoms with Gasteiger partial charge in [0, 0.05) is 36.5 Å². The van der Waals surface area contributed by atoms with Gasteiger partial charge in [0.05, 0.1) is 11.7 Å². The molecule has 112 valence electrons. The van der Waals surface area contributed by atoms with Crippen LogP contribution in [0.1, 0.15) is 0 Å². The summed E-state index contributed by atoms with van der Waals surface area (Å²) in [5, 5.41) is 13.4. The number of benzene rings is 2. The van der Waals surface area contributed by atoms with Gasteiger partial charge in [0.2, 0.25) is 0 Å². The Kier molecular flexibility index (Phi) is 3.65. The summed E-state index contributed by atoms with van der Waals surface area (Å²) < 4.78 is 0. The van der Waals surface area contributed by atoms with E-state index in [2.05, 4.69) is 20.8 Å². The molecule has 1 aromatic heterocycles. The Hall–Kier alpha value is -3.02. The highest BCUT2D eigenvalue weighted by molar-refractivity contribution is 6.00. The third kappa shape index (κ3) is 3.01. The summed E-state index contributed by atoms with van der Waals surface area (Å²) in [6.45, 7) is 0. The molecule has 22 heavy (non-hydrogen) atoms. The van der Waals surface area contributed by atoms with Gasteiger partial charge in [0.15, 0.2) is 0 Å². The number of carbonyl (C=O) groups is 1. The van der Waals surface area contributed by atoms with Crippen molar-refractivity contribution in [3.63, 3.8) is 0 Å². The normalized spacial score (nSPS) is 10.5. The first-order valence-corrected chi connectivity index (χ1v) is 6.90. The fourth-order valence-corrected chi connectivity index (χ4v) is 2.15. The standard InChI is InChI=1S/C16H17N5O/c1-21(2)14-7-5-12(6-8-14)18-16(22)19-13-4-3-11-10-17-20-15(11)9-13/h3-10H,1-2H3,(H,17,20)(H2,18,19,22). The zero-order valence-electron chi connectivity index (χ0n) is 12.4. The van der Waals surface area contributed by atoms with Crippen molar-refractivity contribution in [2.75, 3.05) is 29.6 Å². The lowest BCUT2D eigenvalue weighted by atomic mass is 10.2. The van der Waals surface area contributed by atoms with Crippen LogP contribution in [0, 0.1) is 0 Å². The summed E-state index contributed by atoms with van der Waals surface area (Å²) in [6, 6.07) is 12.9. The third-order valence-corrected chi connectivity index (χ3v) is 3.34. The first kappa shape index (κ1) is 13.9. The van der Waals surface area contributed by atoms with Gasteiger partial charge < -0.3 is 15.5 Å². The molecule has 0 saturated heterocycles. The molecule has 0 unspecified atom stereocenters. The fraction of sp³-hybridized carbons (Fsp3) is 0.125. The summed E-state index contributed by atoms with van der Waals surface area (Å²) in [6.07, 6.45) is 1.74. The number of anilines is 3. The molecule has 0 saturated carbocycles. The minimum absolute atomic E-state index is 0.281. The number of carbonyl (C=O) groups excluding carboxylic acids is 1. The predicted octanol–water partition coefficient (Wildman–Crippen LogP) is 3.27. The lowest BCUT2D eigenvalue weighted by molar-refractivity contribution is 0.262. The van der Waals surface area contributed by atoms with E-state index in [1.807, 2.05) is 61.5 Å². The quantitative estimate of drug-likeness (QED) is 0.694. The molecular formula is C16H17N5O. The Bertz CT molecular complexity index is 792. The molecule has 3 aromatic rings. The van der Waals surface area contributed by atoms with Crippen LogP contribution in [-0.4, -0.2) is 30.3 Å². The molecule has 2 aromatic carbocycles. The van der Waals surface area contributed by atoms with E-state index >= 15 is 0 Å². The van der Waals surface area contributed by atoms with Gasteiger partial charge >= 0.3 is 6.03 Å². The molecule has 3 rings (SSSR count). The zero-order valence-corrected chi connectivity index (χ0v) is 12.4. The Morgan fingerprint density at radius 3 is 2.45 bits per heavy atom. The molecule has 0 fully saturated rings. The Morgan fingerprint density at radius 2 is 1.73 bits per heavy atom. The minimum atomic E-state index is -0.281. The number of hydrogen-bond donors (Lipinski definition) is 3. The van der Waals surface area contributed by atoms with Crippen molar-refractivity contribution < 1.29 is 4.79 Å². The molecule has 0 aliphatic rings. The number of aromatic nitrogens is 2. The molecule has 0 aliphatic heterocycles. The van der Waals surface area contributed by atoms with Crippen LogP contribution < -0.4 is 15.5 Å². The summed E-state index contributed by atoms with van der Waals surface area (Å²) in [4.78, 5) is 14.0. The van der Waals surface area contributed by atoms with Crippen LogP contribution in [0.3, 0.4) is 0 Å². The van der Waals surface area contributed by atoms with Crippen LogP contribution in [0.25, 0.3) is 10.9 Å². The molecule has 6 nitrogen and oxygen atoms in total. The second-order valence-electron chi connectivity index (χ2n) is 5.19. The van der Waals surface area contributed by atoms with Gasteiger partial charge in [-0.1, -0.05) is 0 Å². The number of H-pyrrole nitrogens is 1. The second-order valence-corrected chi connectivity index (χ2v) is 5.19. The first-order chi connectivity index (χ1) is 10.6. The van der Waals surface area contributed by atoms with Gasteiger partial charge in [-0.3, -0.25) is 5.10 Å². The molecule has 0 spiro atoms. The van der Waals surface area contributed by atoms with E-state index in [-0.39, 0.29) is 6.03 Å². The molecule has 0 atom stereocenters. The third-order valence-electron chi connectivity index (χ3n) is 3.34. The van der Waals surface area contributed by atoms with E-state index in [1.54, 1.807) is 6.20 Å².